The molecule has 1 aliphatic carbocycles. The second-order valence-corrected chi connectivity index (χ2v) is 5.74. The predicted octanol–water partition coefficient (Wildman–Crippen LogP) is 2.15. The van der Waals surface area contributed by atoms with Crippen LogP contribution in [0.5, 0.6) is 0 Å². The Kier molecular flexibility index (Phi) is 2.73. The smallest absolute Gasteiger partial charge is 0.0349 e. The Morgan fingerprint density at radius 1 is 1.00 bits per heavy atom. The number of nitrogens with zero attached hydrogens (tertiary/aromatic N) is 1. The molecule has 0 radical (unpaired) electrons. The van der Waals surface area contributed by atoms with Crippen LogP contribution in [-0.2, 0) is 0 Å². The summed E-state index contributed by atoms with van der Waals surface area (Å²) < 4.78 is 0. The fourth-order valence-corrected chi connectivity index (χ4v) is 3.93. The van der Waals surface area contributed by atoms with Crippen molar-refractivity contribution in [3.8, 4) is 0 Å². The zero-order valence-electron chi connectivity index (χ0n) is 9.80. The predicted molar refractivity (Wildman–Crippen MR) is 63.0 cm³/mol. The first-order valence-electron chi connectivity index (χ1n) is 6.88. The van der Waals surface area contributed by atoms with Crippen molar-refractivity contribution in [1.29, 1.82) is 0 Å². The molecular weight excluding hydrogens is 184 g/mol. The Bertz CT molecular complexity index is 215. The van der Waals surface area contributed by atoms with Crippen LogP contribution in [0.15, 0.2) is 0 Å². The third-order valence-electron chi connectivity index (χ3n) is 4.89. The second-order valence-electron chi connectivity index (χ2n) is 5.74. The SMILES string of the molecule is C1CCC(N2CC[C@]23CCCNC3)CC1. The minimum atomic E-state index is 0.597. The van der Waals surface area contributed by atoms with Gasteiger partial charge in [0.2, 0.25) is 0 Å². The van der Waals surface area contributed by atoms with Gasteiger partial charge >= 0.3 is 0 Å². The first kappa shape index (κ1) is 10.1. The van der Waals surface area contributed by atoms with Crippen molar-refractivity contribution in [3.63, 3.8) is 0 Å². The van der Waals surface area contributed by atoms with Crippen molar-refractivity contribution >= 4 is 0 Å². The Morgan fingerprint density at radius 2 is 1.87 bits per heavy atom. The minimum absolute atomic E-state index is 0.597. The third kappa shape index (κ3) is 1.72. The van der Waals surface area contributed by atoms with Gasteiger partial charge in [0.05, 0.1) is 0 Å². The van der Waals surface area contributed by atoms with Crippen LogP contribution in [0.4, 0.5) is 0 Å². The average Bonchev–Trinajstić information content (AvgIpc) is 2.30. The molecule has 1 atom stereocenters. The van der Waals surface area contributed by atoms with E-state index in [1.807, 2.05) is 0 Å². The molecule has 1 spiro atoms. The van der Waals surface area contributed by atoms with E-state index < -0.39 is 0 Å². The number of rotatable bonds is 1. The van der Waals surface area contributed by atoms with Crippen molar-refractivity contribution < 1.29 is 0 Å². The lowest BCUT2D eigenvalue weighted by molar-refractivity contribution is -0.0734. The number of hydrogen-bond donors (Lipinski definition) is 1. The van der Waals surface area contributed by atoms with Crippen LogP contribution in [0.2, 0.25) is 0 Å². The molecule has 2 heterocycles. The molecule has 2 heteroatoms. The molecule has 86 valence electrons. The summed E-state index contributed by atoms with van der Waals surface area (Å²) in [5.74, 6) is 0. The van der Waals surface area contributed by atoms with E-state index in [0.717, 1.165) is 6.04 Å². The summed E-state index contributed by atoms with van der Waals surface area (Å²) >= 11 is 0. The highest BCUT2D eigenvalue weighted by atomic mass is 15.3. The lowest BCUT2D eigenvalue weighted by Gasteiger charge is -2.59. The lowest BCUT2D eigenvalue weighted by atomic mass is 9.75. The summed E-state index contributed by atoms with van der Waals surface area (Å²) in [6, 6.07) is 0.937. The van der Waals surface area contributed by atoms with Crippen molar-refractivity contribution in [1.82, 2.24) is 10.2 Å². The van der Waals surface area contributed by atoms with Gasteiger partial charge in [-0.1, -0.05) is 19.3 Å². The van der Waals surface area contributed by atoms with E-state index in [-0.39, 0.29) is 0 Å². The quantitative estimate of drug-likeness (QED) is 0.710. The van der Waals surface area contributed by atoms with Crippen LogP contribution in [-0.4, -0.2) is 36.1 Å². The molecule has 3 rings (SSSR count). The second kappa shape index (κ2) is 4.06. The zero-order valence-corrected chi connectivity index (χ0v) is 9.80. The monoisotopic (exact) mass is 208 g/mol. The number of nitrogens with one attached hydrogen (secondary N) is 1. The van der Waals surface area contributed by atoms with Gasteiger partial charge in [0, 0.05) is 24.7 Å². The summed E-state index contributed by atoms with van der Waals surface area (Å²) in [7, 11) is 0. The van der Waals surface area contributed by atoms with Gasteiger partial charge in [-0.15, -0.1) is 0 Å². The Labute approximate surface area is 93.4 Å². The first-order valence-corrected chi connectivity index (χ1v) is 6.88. The fourth-order valence-electron chi connectivity index (χ4n) is 3.93. The standard InChI is InChI=1S/C13H24N2/c1-2-5-12(6-3-1)15-10-8-13(15)7-4-9-14-11-13/h12,14H,1-11H2/t13-/m0/s1. The maximum Gasteiger partial charge on any atom is 0.0349 e. The molecule has 0 aromatic carbocycles. The van der Waals surface area contributed by atoms with Crippen LogP contribution >= 0.6 is 0 Å². The molecule has 2 nitrogen and oxygen atoms in total. The van der Waals surface area contributed by atoms with E-state index in [2.05, 4.69) is 10.2 Å². The molecule has 2 saturated heterocycles. The van der Waals surface area contributed by atoms with E-state index >= 15 is 0 Å². The highest BCUT2D eigenvalue weighted by molar-refractivity contribution is 5.05. The molecule has 1 saturated carbocycles. The van der Waals surface area contributed by atoms with Gasteiger partial charge in [-0.2, -0.15) is 0 Å². The first-order chi connectivity index (χ1) is 7.41. The molecule has 1 N–H and O–H groups in total. The van der Waals surface area contributed by atoms with Crippen LogP contribution in [0.25, 0.3) is 0 Å². The van der Waals surface area contributed by atoms with Crippen LogP contribution in [0, 0.1) is 0 Å². The maximum atomic E-state index is 3.60. The van der Waals surface area contributed by atoms with Gasteiger partial charge in [0.25, 0.3) is 0 Å². The number of hydrogen-bond acceptors (Lipinski definition) is 2. The van der Waals surface area contributed by atoms with Crippen LogP contribution in [0.1, 0.15) is 51.4 Å². The van der Waals surface area contributed by atoms with Gasteiger partial charge in [0.15, 0.2) is 0 Å². The normalized spacial score (nSPS) is 39.2. The minimum Gasteiger partial charge on any atom is -0.315 e. The molecule has 0 amide bonds. The van der Waals surface area contributed by atoms with Gasteiger partial charge in [-0.05, 0) is 38.6 Å². The molecule has 3 aliphatic rings. The third-order valence-corrected chi connectivity index (χ3v) is 4.89. The number of likely N-dealkylation sites (tertiary alicyclic amines) is 1. The van der Waals surface area contributed by atoms with E-state index in [1.54, 1.807) is 0 Å². The van der Waals surface area contributed by atoms with Crippen LogP contribution in [0.3, 0.4) is 0 Å². The summed E-state index contributed by atoms with van der Waals surface area (Å²) in [5.41, 5.74) is 0.597. The van der Waals surface area contributed by atoms with E-state index in [1.165, 1.54) is 71.0 Å². The largest absolute Gasteiger partial charge is 0.315 e. The molecule has 15 heavy (non-hydrogen) atoms. The highest BCUT2D eigenvalue weighted by Crippen LogP contribution is 2.41. The molecule has 0 aromatic heterocycles. The van der Waals surface area contributed by atoms with Gasteiger partial charge in [-0.3, -0.25) is 4.90 Å². The fraction of sp³-hybridized carbons (Fsp3) is 1.00. The lowest BCUT2D eigenvalue weighted by Crippen LogP contribution is -2.69. The molecule has 0 unspecified atom stereocenters. The molecule has 2 aliphatic heterocycles. The summed E-state index contributed by atoms with van der Waals surface area (Å²) in [6.07, 6.45) is 11.7. The summed E-state index contributed by atoms with van der Waals surface area (Å²) in [6.45, 7) is 3.90. The van der Waals surface area contributed by atoms with E-state index in [0.29, 0.717) is 5.54 Å². The van der Waals surface area contributed by atoms with Gasteiger partial charge in [-0.25, -0.2) is 0 Å². The van der Waals surface area contributed by atoms with Crippen LogP contribution < -0.4 is 5.32 Å². The molecule has 3 fully saturated rings. The molecule has 0 aromatic rings. The van der Waals surface area contributed by atoms with E-state index in [9.17, 15) is 0 Å². The Hall–Kier alpha value is -0.0800. The maximum absolute atomic E-state index is 3.60. The summed E-state index contributed by atoms with van der Waals surface area (Å²) in [4.78, 5) is 2.86. The van der Waals surface area contributed by atoms with E-state index in [4.69, 9.17) is 0 Å². The topological polar surface area (TPSA) is 15.3 Å². The average molecular weight is 208 g/mol. The van der Waals surface area contributed by atoms with Crippen molar-refractivity contribution in [3.05, 3.63) is 0 Å². The van der Waals surface area contributed by atoms with Gasteiger partial charge < -0.3 is 5.32 Å². The van der Waals surface area contributed by atoms with Gasteiger partial charge in [0.1, 0.15) is 0 Å². The summed E-state index contributed by atoms with van der Waals surface area (Å²) in [5, 5.41) is 3.60. The molecular formula is C13H24N2. The van der Waals surface area contributed by atoms with Crippen molar-refractivity contribution in [2.75, 3.05) is 19.6 Å². The van der Waals surface area contributed by atoms with Crippen molar-refractivity contribution in [2.24, 2.45) is 0 Å². The Balaban J connectivity index is 1.65. The number of piperidine rings is 1. The molecule has 0 bridgehead atoms. The highest BCUT2D eigenvalue weighted by Gasteiger charge is 2.47. The zero-order chi connectivity index (χ0) is 10.1. The van der Waals surface area contributed by atoms with Crippen molar-refractivity contribution in [2.45, 2.75) is 62.9 Å². The Morgan fingerprint density at radius 3 is 2.47 bits per heavy atom.